The molecule has 0 amide bonds. The standard InChI is InChI=1S/C11H20O2/c1-3-4-5-6-7-10-8-9(2)13-11(10)12/h9-10H,3-8H2,1-2H3/t9-,10?/m0/s1. The molecule has 0 saturated carbocycles. The van der Waals surface area contributed by atoms with Crippen LogP contribution in [0, 0.1) is 5.92 Å². The van der Waals surface area contributed by atoms with E-state index in [0.29, 0.717) is 0 Å². The zero-order valence-corrected chi connectivity index (χ0v) is 8.71. The summed E-state index contributed by atoms with van der Waals surface area (Å²) in [5.74, 6) is 0.232. The van der Waals surface area contributed by atoms with Crippen LogP contribution in [0.3, 0.4) is 0 Å². The summed E-state index contributed by atoms with van der Waals surface area (Å²) in [6.07, 6.45) is 7.11. The molecule has 0 bridgehead atoms. The first-order valence-electron chi connectivity index (χ1n) is 5.44. The minimum absolute atomic E-state index is 0.0315. The lowest BCUT2D eigenvalue weighted by Crippen LogP contribution is -2.07. The number of carbonyl (C=O) groups is 1. The van der Waals surface area contributed by atoms with Gasteiger partial charge in [-0.1, -0.05) is 32.6 Å². The Labute approximate surface area is 80.7 Å². The number of hydrogen-bond acceptors (Lipinski definition) is 2. The average molecular weight is 184 g/mol. The summed E-state index contributed by atoms with van der Waals surface area (Å²) < 4.78 is 5.09. The maximum absolute atomic E-state index is 11.2. The highest BCUT2D eigenvalue weighted by atomic mass is 16.5. The van der Waals surface area contributed by atoms with Crippen molar-refractivity contribution in [3.63, 3.8) is 0 Å². The molecule has 1 saturated heterocycles. The van der Waals surface area contributed by atoms with Gasteiger partial charge in [-0.05, 0) is 19.8 Å². The summed E-state index contributed by atoms with van der Waals surface area (Å²) in [5, 5.41) is 0. The molecule has 0 aromatic heterocycles. The number of cyclic esters (lactones) is 1. The van der Waals surface area contributed by atoms with E-state index in [1.165, 1.54) is 25.7 Å². The van der Waals surface area contributed by atoms with Crippen LogP contribution in [0.25, 0.3) is 0 Å². The molecule has 13 heavy (non-hydrogen) atoms. The largest absolute Gasteiger partial charge is 0.462 e. The molecular weight excluding hydrogens is 164 g/mol. The third-order valence-electron chi connectivity index (χ3n) is 2.67. The van der Waals surface area contributed by atoms with Crippen molar-refractivity contribution in [2.75, 3.05) is 0 Å². The van der Waals surface area contributed by atoms with Gasteiger partial charge in [0.1, 0.15) is 0 Å². The minimum Gasteiger partial charge on any atom is -0.462 e. The Hall–Kier alpha value is -0.530. The smallest absolute Gasteiger partial charge is 0.309 e. The summed E-state index contributed by atoms with van der Waals surface area (Å²) in [6, 6.07) is 0. The molecule has 1 aliphatic rings. The molecule has 2 nitrogen and oxygen atoms in total. The second-order valence-electron chi connectivity index (χ2n) is 4.03. The molecule has 1 heterocycles. The third-order valence-corrected chi connectivity index (χ3v) is 2.67. The van der Waals surface area contributed by atoms with Gasteiger partial charge in [0, 0.05) is 0 Å². The van der Waals surface area contributed by atoms with Gasteiger partial charge in [-0.25, -0.2) is 0 Å². The van der Waals surface area contributed by atoms with E-state index in [4.69, 9.17) is 4.74 Å². The second kappa shape index (κ2) is 5.25. The van der Waals surface area contributed by atoms with E-state index in [9.17, 15) is 4.79 Å². The molecule has 0 spiro atoms. The molecule has 0 aromatic rings. The van der Waals surface area contributed by atoms with Gasteiger partial charge < -0.3 is 4.74 Å². The molecule has 76 valence electrons. The van der Waals surface area contributed by atoms with Crippen molar-refractivity contribution in [3.8, 4) is 0 Å². The fourth-order valence-electron chi connectivity index (χ4n) is 1.89. The fourth-order valence-corrected chi connectivity index (χ4v) is 1.89. The highest BCUT2D eigenvalue weighted by Gasteiger charge is 2.30. The first-order valence-corrected chi connectivity index (χ1v) is 5.44. The van der Waals surface area contributed by atoms with Gasteiger partial charge in [0.25, 0.3) is 0 Å². The van der Waals surface area contributed by atoms with E-state index in [-0.39, 0.29) is 18.0 Å². The van der Waals surface area contributed by atoms with Gasteiger partial charge in [-0.2, -0.15) is 0 Å². The summed E-state index contributed by atoms with van der Waals surface area (Å²) in [4.78, 5) is 11.2. The number of esters is 1. The van der Waals surface area contributed by atoms with E-state index in [2.05, 4.69) is 6.92 Å². The Kier molecular flexibility index (Phi) is 4.26. The predicted octanol–water partition coefficient (Wildman–Crippen LogP) is 2.91. The summed E-state index contributed by atoms with van der Waals surface area (Å²) in [7, 11) is 0. The Balaban J connectivity index is 2.11. The van der Waals surface area contributed by atoms with Gasteiger partial charge in [0.05, 0.1) is 12.0 Å². The van der Waals surface area contributed by atoms with Crippen LogP contribution in [-0.2, 0) is 9.53 Å². The Morgan fingerprint density at radius 2 is 2.15 bits per heavy atom. The van der Waals surface area contributed by atoms with Gasteiger partial charge in [0.15, 0.2) is 0 Å². The Bertz CT molecular complexity index is 165. The van der Waals surface area contributed by atoms with Crippen LogP contribution in [0.1, 0.15) is 52.4 Å². The number of ether oxygens (including phenoxy) is 1. The zero-order valence-electron chi connectivity index (χ0n) is 8.71. The molecule has 1 unspecified atom stereocenters. The predicted molar refractivity (Wildman–Crippen MR) is 52.4 cm³/mol. The van der Waals surface area contributed by atoms with Crippen molar-refractivity contribution in [1.82, 2.24) is 0 Å². The maximum Gasteiger partial charge on any atom is 0.309 e. The maximum atomic E-state index is 11.2. The van der Waals surface area contributed by atoms with Crippen molar-refractivity contribution >= 4 is 5.97 Å². The summed E-state index contributed by atoms with van der Waals surface area (Å²) >= 11 is 0. The van der Waals surface area contributed by atoms with Crippen molar-refractivity contribution in [2.24, 2.45) is 5.92 Å². The molecule has 2 heteroatoms. The number of unbranched alkanes of at least 4 members (excludes halogenated alkanes) is 3. The minimum atomic E-state index is 0.0315. The summed E-state index contributed by atoms with van der Waals surface area (Å²) in [5.41, 5.74) is 0. The Morgan fingerprint density at radius 3 is 2.69 bits per heavy atom. The molecule has 0 N–H and O–H groups in total. The number of carbonyl (C=O) groups excluding carboxylic acids is 1. The van der Waals surface area contributed by atoms with Crippen LogP contribution in [0.15, 0.2) is 0 Å². The lowest BCUT2D eigenvalue weighted by molar-refractivity contribution is -0.143. The first kappa shape index (κ1) is 10.6. The molecule has 2 atom stereocenters. The van der Waals surface area contributed by atoms with Crippen molar-refractivity contribution in [3.05, 3.63) is 0 Å². The van der Waals surface area contributed by atoms with E-state index >= 15 is 0 Å². The zero-order chi connectivity index (χ0) is 9.68. The van der Waals surface area contributed by atoms with Crippen LogP contribution in [0.5, 0.6) is 0 Å². The summed E-state index contributed by atoms with van der Waals surface area (Å²) in [6.45, 7) is 4.18. The third kappa shape index (κ3) is 3.37. The highest BCUT2D eigenvalue weighted by Crippen LogP contribution is 2.25. The SMILES string of the molecule is CCCCCCC1C[C@H](C)OC1=O. The highest BCUT2D eigenvalue weighted by molar-refractivity contribution is 5.74. The average Bonchev–Trinajstić information content (AvgIpc) is 2.39. The molecule has 0 aromatic carbocycles. The van der Waals surface area contributed by atoms with Crippen molar-refractivity contribution in [1.29, 1.82) is 0 Å². The van der Waals surface area contributed by atoms with Crippen molar-refractivity contribution < 1.29 is 9.53 Å². The Morgan fingerprint density at radius 1 is 1.38 bits per heavy atom. The lowest BCUT2D eigenvalue weighted by Gasteiger charge is -2.03. The van der Waals surface area contributed by atoms with Crippen LogP contribution in [0.4, 0.5) is 0 Å². The number of hydrogen-bond donors (Lipinski definition) is 0. The van der Waals surface area contributed by atoms with Crippen LogP contribution in [-0.4, -0.2) is 12.1 Å². The number of rotatable bonds is 5. The molecule has 0 radical (unpaired) electrons. The second-order valence-corrected chi connectivity index (χ2v) is 4.03. The lowest BCUT2D eigenvalue weighted by atomic mass is 9.98. The van der Waals surface area contributed by atoms with Gasteiger partial charge in [-0.15, -0.1) is 0 Å². The molecule has 1 aliphatic heterocycles. The van der Waals surface area contributed by atoms with E-state index in [1.54, 1.807) is 0 Å². The van der Waals surface area contributed by atoms with Gasteiger partial charge >= 0.3 is 5.97 Å². The van der Waals surface area contributed by atoms with Crippen molar-refractivity contribution in [2.45, 2.75) is 58.5 Å². The van der Waals surface area contributed by atoms with Crippen LogP contribution >= 0.6 is 0 Å². The quantitative estimate of drug-likeness (QED) is 0.485. The topological polar surface area (TPSA) is 26.3 Å². The van der Waals surface area contributed by atoms with Crippen LogP contribution < -0.4 is 0 Å². The molecule has 1 fully saturated rings. The molecule has 1 rings (SSSR count). The fraction of sp³-hybridized carbons (Fsp3) is 0.909. The normalized spacial score (nSPS) is 27.7. The monoisotopic (exact) mass is 184 g/mol. The molecular formula is C11H20O2. The van der Waals surface area contributed by atoms with E-state index in [1.807, 2.05) is 6.92 Å². The van der Waals surface area contributed by atoms with E-state index < -0.39 is 0 Å². The molecule has 0 aliphatic carbocycles. The first-order chi connectivity index (χ1) is 6.24. The van der Waals surface area contributed by atoms with Crippen LogP contribution in [0.2, 0.25) is 0 Å². The van der Waals surface area contributed by atoms with Gasteiger partial charge in [-0.3, -0.25) is 4.79 Å². The van der Waals surface area contributed by atoms with Gasteiger partial charge in [0.2, 0.25) is 0 Å². The van der Waals surface area contributed by atoms with E-state index in [0.717, 1.165) is 12.8 Å².